The fraction of sp³-hybridized carbons (Fsp3) is 0.292. The Labute approximate surface area is 185 Å². The van der Waals surface area contributed by atoms with Gasteiger partial charge in [-0.1, -0.05) is 30.3 Å². The molecule has 0 spiro atoms. The average Bonchev–Trinajstić information content (AvgIpc) is 3.29. The molecule has 0 radical (unpaired) electrons. The number of carbonyl (C=O) groups is 1. The molecule has 0 aliphatic carbocycles. The van der Waals surface area contributed by atoms with Crippen LogP contribution in [0.25, 0.3) is 0 Å². The van der Waals surface area contributed by atoms with Gasteiger partial charge in [0, 0.05) is 37.1 Å². The minimum absolute atomic E-state index is 0.0431. The number of nitrogens with one attached hydrogen (secondary N) is 1. The zero-order chi connectivity index (χ0) is 21.8. The molecular formula is C24H25F2N3OS. The monoisotopic (exact) mass is 441 g/mol. The number of piperazine rings is 1. The number of anilines is 1. The topological polar surface area (TPSA) is 35.6 Å². The lowest BCUT2D eigenvalue weighted by Gasteiger charge is -2.42. The molecule has 1 aromatic heterocycles. The van der Waals surface area contributed by atoms with Crippen LogP contribution in [-0.4, -0.2) is 43.0 Å². The van der Waals surface area contributed by atoms with Gasteiger partial charge in [0.2, 0.25) is 0 Å². The predicted molar refractivity (Wildman–Crippen MR) is 121 cm³/mol. The number of hydrogen-bond acceptors (Lipinski definition) is 4. The summed E-state index contributed by atoms with van der Waals surface area (Å²) in [6.07, 6.45) is 0. The number of thiophene rings is 1. The molecule has 0 bridgehead atoms. The maximum Gasteiger partial charge on any atom is 0.254 e. The van der Waals surface area contributed by atoms with Crippen molar-refractivity contribution in [1.29, 1.82) is 0 Å². The molecule has 31 heavy (non-hydrogen) atoms. The molecule has 1 saturated heterocycles. The minimum Gasteiger partial charge on any atom is -0.367 e. The molecule has 2 atom stereocenters. The number of halogens is 2. The van der Waals surface area contributed by atoms with E-state index in [1.165, 1.54) is 18.2 Å². The maximum absolute atomic E-state index is 14.2. The Morgan fingerprint density at radius 1 is 0.935 bits per heavy atom. The van der Waals surface area contributed by atoms with Crippen molar-refractivity contribution in [2.45, 2.75) is 19.0 Å². The van der Waals surface area contributed by atoms with Crippen LogP contribution < -0.4 is 10.2 Å². The SMILES string of the molecule is C[C@H](NC(=O)c1ccccc1F)[C@H](c1cccs1)N1CCN(c2ccccc2F)CC1. The second-order valence-electron chi connectivity index (χ2n) is 7.68. The van der Waals surface area contributed by atoms with Crippen molar-refractivity contribution in [2.24, 2.45) is 0 Å². The summed E-state index contributed by atoms with van der Waals surface area (Å²) in [4.78, 5) is 18.2. The standard InChI is InChI=1S/C24H25F2N3OS/c1-17(27-24(30)18-7-2-3-8-19(18)25)23(22-11-6-16-31-22)29-14-12-28(13-15-29)21-10-5-4-9-20(21)26/h2-11,16-17,23H,12-15H2,1H3,(H,27,30)/t17-,23+/m0/s1. The molecular weight excluding hydrogens is 416 g/mol. The summed E-state index contributed by atoms with van der Waals surface area (Å²) in [5, 5.41) is 5.00. The number of para-hydroxylation sites is 1. The highest BCUT2D eigenvalue weighted by Gasteiger charge is 2.31. The Bertz CT molecular complexity index is 1020. The van der Waals surface area contributed by atoms with Crippen molar-refractivity contribution < 1.29 is 13.6 Å². The zero-order valence-electron chi connectivity index (χ0n) is 17.3. The molecule has 1 aliphatic rings. The molecule has 4 nitrogen and oxygen atoms in total. The van der Waals surface area contributed by atoms with Gasteiger partial charge in [0.25, 0.3) is 5.91 Å². The van der Waals surface area contributed by atoms with Gasteiger partial charge in [-0.15, -0.1) is 11.3 Å². The molecule has 1 fully saturated rings. The Morgan fingerprint density at radius 2 is 1.61 bits per heavy atom. The van der Waals surface area contributed by atoms with E-state index in [9.17, 15) is 13.6 Å². The van der Waals surface area contributed by atoms with Crippen LogP contribution in [0.15, 0.2) is 66.0 Å². The summed E-state index contributed by atoms with van der Waals surface area (Å²) in [5.74, 6) is -1.16. The van der Waals surface area contributed by atoms with Crippen LogP contribution in [0.2, 0.25) is 0 Å². The van der Waals surface area contributed by atoms with Gasteiger partial charge in [-0.05, 0) is 42.6 Å². The lowest BCUT2D eigenvalue weighted by molar-refractivity contribution is 0.0886. The predicted octanol–water partition coefficient (Wildman–Crippen LogP) is 4.71. The van der Waals surface area contributed by atoms with Crippen LogP contribution in [0.1, 0.15) is 28.2 Å². The summed E-state index contributed by atoms with van der Waals surface area (Å²) in [7, 11) is 0. The van der Waals surface area contributed by atoms with Crippen molar-refractivity contribution in [3.63, 3.8) is 0 Å². The molecule has 2 aromatic carbocycles. The first-order valence-corrected chi connectivity index (χ1v) is 11.2. The third-order valence-electron chi connectivity index (χ3n) is 5.69. The second kappa shape index (κ2) is 9.58. The highest BCUT2D eigenvalue weighted by Crippen LogP contribution is 2.31. The smallest absolute Gasteiger partial charge is 0.254 e. The van der Waals surface area contributed by atoms with Crippen molar-refractivity contribution in [3.8, 4) is 0 Å². The number of amides is 1. The quantitative estimate of drug-likeness (QED) is 0.602. The zero-order valence-corrected chi connectivity index (χ0v) is 18.1. The van der Waals surface area contributed by atoms with E-state index >= 15 is 0 Å². The van der Waals surface area contributed by atoms with Gasteiger partial charge < -0.3 is 10.2 Å². The van der Waals surface area contributed by atoms with Crippen molar-refractivity contribution in [1.82, 2.24) is 10.2 Å². The maximum atomic E-state index is 14.2. The molecule has 0 unspecified atom stereocenters. The summed E-state index contributed by atoms with van der Waals surface area (Å²) < 4.78 is 28.2. The lowest BCUT2D eigenvalue weighted by Crippen LogP contribution is -2.52. The van der Waals surface area contributed by atoms with E-state index in [2.05, 4.69) is 21.2 Å². The van der Waals surface area contributed by atoms with E-state index in [1.807, 2.05) is 24.4 Å². The van der Waals surface area contributed by atoms with Gasteiger partial charge in [-0.25, -0.2) is 8.78 Å². The summed E-state index contributed by atoms with van der Waals surface area (Å²) in [6, 6.07) is 16.6. The van der Waals surface area contributed by atoms with Crippen molar-refractivity contribution in [2.75, 3.05) is 31.1 Å². The molecule has 1 N–H and O–H groups in total. The van der Waals surface area contributed by atoms with E-state index in [4.69, 9.17) is 0 Å². The van der Waals surface area contributed by atoms with Crippen LogP contribution in [0, 0.1) is 11.6 Å². The summed E-state index contributed by atoms with van der Waals surface area (Å²) in [5.41, 5.74) is 0.666. The summed E-state index contributed by atoms with van der Waals surface area (Å²) >= 11 is 1.64. The first kappa shape index (κ1) is 21.5. The molecule has 162 valence electrons. The Balaban J connectivity index is 1.48. The first-order valence-electron chi connectivity index (χ1n) is 10.4. The third kappa shape index (κ3) is 4.78. The second-order valence-corrected chi connectivity index (χ2v) is 8.66. The molecule has 1 amide bonds. The van der Waals surface area contributed by atoms with E-state index in [0.717, 1.165) is 18.0 Å². The van der Waals surface area contributed by atoms with Crippen LogP contribution in [0.3, 0.4) is 0 Å². The van der Waals surface area contributed by atoms with Gasteiger partial charge >= 0.3 is 0 Å². The van der Waals surface area contributed by atoms with Crippen LogP contribution in [-0.2, 0) is 0 Å². The fourth-order valence-corrected chi connectivity index (χ4v) is 5.12. The first-order chi connectivity index (χ1) is 15.0. The Morgan fingerprint density at radius 3 is 2.26 bits per heavy atom. The van der Waals surface area contributed by atoms with Gasteiger partial charge in [0.05, 0.1) is 17.3 Å². The number of nitrogens with zero attached hydrogens (tertiary/aromatic N) is 2. The van der Waals surface area contributed by atoms with E-state index in [1.54, 1.807) is 35.6 Å². The Hall–Kier alpha value is -2.77. The fourth-order valence-electron chi connectivity index (χ4n) is 4.16. The number of carbonyl (C=O) groups excluding carboxylic acids is 1. The highest BCUT2D eigenvalue weighted by molar-refractivity contribution is 7.10. The molecule has 3 aromatic rings. The van der Waals surface area contributed by atoms with Crippen LogP contribution >= 0.6 is 11.3 Å². The minimum atomic E-state index is -0.529. The normalized spacial score (nSPS) is 16.7. The molecule has 4 rings (SSSR count). The third-order valence-corrected chi connectivity index (χ3v) is 6.63. The largest absolute Gasteiger partial charge is 0.367 e. The molecule has 0 saturated carbocycles. The van der Waals surface area contributed by atoms with Crippen molar-refractivity contribution in [3.05, 3.63) is 88.1 Å². The van der Waals surface area contributed by atoms with E-state index in [0.29, 0.717) is 18.8 Å². The lowest BCUT2D eigenvalue weighted by atomic mass is 10.0. The number of hydrogen-bond donors (Lipinski definition) is 1. The van der Waals surface area contributed by atoms with Crippen molar-refractivity contribution >= 4 is 22.9 Å². The molecule has 1 aliphatic heterocycles. The van der Waals surface area contributed by atoms with Crippen LogP contribution in [0.4, 0.5) is 14.5 Å². The summed E-state index contributed by atoms with van der Waals surface area (Å²) in [6.45, 7) is 4.80. The van der Waals surface area contributed by atoms with E-state index < -0.39 is 11.7 Å². The highest BCUT2D eigenvalue weighted by atomic mass is 32.1. The molecule has 2 heterocycles. The van der Waals surface area contributed by atoms with Crippen LogP contribution in [0.5, 0.6) is 0 Å². The van der Waals surface area contributed by atoms with E-state index in [-0.39, 0.29) is 23.5 Å². The Kier molecular flexibility index (Phi) is 6.63. The van der Waals surface area contributed by atoms with Gasteiger partial charge in [-0.2, -0.15) is 0 Å². The van der Waals surface area contributed by atoms with Gasteiger partial charge in [0.1, 0.15) is 11.6 Å². The number of benzene rings is 2. The number of rotatable bonds is 6. The van der Waals surface area contributed by atoms with Gasteiger partial charge in [0.15, 0.2) is 0 Å². The molecule has 7 heteroatoms. The van der Waals surface area contributed by atoms with Gasteiger partial charge in [-0.3, -0.25) is 9.69 Å². The average molecular weight is 442 g/mol.